The van der Waals surface area contributed by atoms with E-state index in [1.165, 1.54) is 0 Å². The zero-order chi connectivity index (χ0) is 13.0. The zero-order valence-corrected chi connectivity index (χ0v) is 10.5. The van der Waals surface area contributed by atoms with Gasteiger partial charge in [-0.2, -0.15) is 0 Å². The van der Waals surface area contributed by atoms with Gasteiger partial charge in [-0.05, 0) is 18.2 Å². The highest BCUT2D eigenvalue weighted by molar-refractivity contribution is 6.32. The minimum absolute atomic E-state index is 0.144. The van der Waals surface area contributed by atoms with Crippen molar-refractivity contribution in [2.45, 2.75) is 6.54 Å². The smallest absolute Gasteiger partial charge is 0.244 e. The van der Waals surface area contributed by atoms with Crippen LogP contribution in [0.5, 0.6) is 5.75 Å². The predicted molar refractivity (Wildman–Crippen MR) is 68.9 cm³/mol. The molecular formula is C12H12ClN3O2. The van der Waals surface area contributed by atoms with Gasteiger partial charge in [-0.25, -0.2) is 4.98 Å². The number of halogens is 1. The molecule has 0 aliphatic carbocycles. The Hall–Kier alpha value is -2.01. The van der Waals surface area contributed by atoms with Crippen LogP contribution < -0.4 is 10.1 Å². The molecule has 1 heterocycles. The number of hydrogen-bond donors (Lipinski definition) is 1. The van der Waals surface area contributed by atoms with E-state index < -0.39 is 0 Å². The maximum absolute atomic E-state index is 11.7. The van der Waals surface area contributed by atoms with Crippen LogP contribution in [0.25, 0.3) is 0 Å². The Morgan fingerprint density at radius 2 is 2.39 bits per heavy atom. The number of nitrogens with zero attached hydrogens (tertiary/aromatic N) is 2. The number of ether oxygens (including phenoxy) is 1. The van der Waals surface area contributed by atoms with Gasteiger partial charge in [-0.1, -0.05) is 11.6 Å². The number of nitrogens with one attached hydrogen (secondary N) is 1. The molecule has 5 nitrogen and oxygen atoms in total. The molecule has 0 saturated carbocycles. The molecule has 2 aromatic rings. The highest BCUT2D eigenvalue weighted by Gasteiger charge is 2.06. The first-order chi connectivity index (χ1) is 8.69. The summed E-state index contributed by atoms with van der Waals surface area (Å²) in [7, 11) is 1.54. The molecule has 0 aliphatic heterocycles. The van der Waals surface area contributed by atoms with Crippen LogP contribution in [0.3, 0.4) is 0 Å². The van der Waals surface area contributed by atoms with Crippen molar-refractivity contribution in [3.63, 3.8) is 0 Å². The van der Waals surface area contributed by atoms with Gasteiger partial charge >= 0.3 is 0 Å². The second-order valence-corrected chi connectivity index (χ2v) is 4.04. The van der Waals surface area contributed by atoms with Gasteiger partial charge in [-0.15, -0.1) is 0 Å². The molecule has 0 bridgehead atoms. The summed E-state index contributed by atoms with van der Waals surface area (Å²) in [5, 5.41) is 3.20. The van der Waals surface area contributed by atoms with E-state index in [1.54, 1.807) is 48.6 Å². The Kier molecular flexibility index (Phi) is 3.84. The summed E-state index contributed by atoms with van der Waals surface area (Å²) in [5.41, 5.74) is 0.630. The van der Waals surface area contributed by atoms with Crippen LogP contribution in [0.15, 0.2) is 36.9 Å². The first-order valence-electron chi connectivity index (χ1n) is 5.28. The molecule has 0 atom stereocenters. The summed E-state index contributed by atoms with van der Waals surface area (Å²) < 4.78 is 6.71. The van der Waals surface area contributed by atoms with Gasteiger partial charge in [0.05, 0.1) is 18.5 Å². The number of aromatic nitrogens is 2. The number of imidazole rings is 1. The van der Waals surface area contributed by atoms with Crippen LogP contribution in [-0.2, 0) is 11.3 Å². The molecule has 0 spiro atoms. The Labute approximate surface area is 109 Å². The Bertz CT molecular complexity index is 540. The number of anilines is 1. The minimum Gasteiger partial charge on any atom is -0.495 e. The van der Waals surface area contributed by atoms with E-state index in [2.05, 4.69) is 10.3 Å². The molecular weight excluding hydrogens is 254 g/mol. The van der Waals surface area contributed by atoms with E-state index in [-0.39, 0.29) is 12.5 Å². The first kappa shape index (κ1) is 12.4. The van der Waals surface area contributed by atoms with Crippen LogP contribution in [0, 0.1) is 0 Å². The topological polar surface area (TPSA) is 56.1 Å². The van der Waals surface area contributed by atoms with Crippen LogP contribution in [0.4, 0.5) is 5.69 Å². The predicted octanol–water partition coefficient (Wildman–Crippen LogP) is 2.18. The average molecular weight is 266 g/mol. The molecule has 6 heteroatoms. The van der Waals surface area contributed by atoms with Crippen LogP contribution in [-0.4, -0.2) is 22.6 Å². The molecule has 1 N–H and O–H groups in total. The normalized spacial score (nSPS) is 10.1. The van der Waals surface area contributed by atoms with Crippen molar-refractivity contribution < 1.29 is 9.53 Å². The van der Waals surface area contributed by atoms with E-state index >= 15 is 0 Å². The number of rotatable bonds is 4. The van der Waals surface area contributed by atoms with Crippen molar-refractivity contribution in [2.24, 2.45) is 0 Å². The third-order valence-electron chi connectivity index (χ3n) is 2.32. The van der Waals surface area contributed by atoms with Crippen molar-refractivity contribution in [1.82, 2.24) is 9.55 Å². The number of hydrogen-bond acceptors (Lipinski definition) is 3. The van der Waals surface area contributed by atoms with Crippen molar-refractivity contribution in [3.8, 4) is 5.75 Å². The van der Waals surface area contributed by atoms with Crippen molar-refractivity contribution >= 4 is 23.2 Å². The summed E-state index contributed by atoms with van der Waals surface area (Å²) >= 11 is 5.96. The minimum atomic E-state index is -0.144. The Morgan fingerprint density at radius 3 is 3.00 bits per heavy atom. The molecule has 1 amide bonds. The fraction of sp³-hybridized carbons (Fsp3) is 0.167. The van der Waals surface area contributed by atoms with Crippen molar-refractivity contribution in [3.05, 3.63) is 41.9 Å². The van der Waals surface area contributed by atoms with Gasteiger partial charge in [0.15, 0.2) is 0 Å². The summed E-state index contributed by atoms with van der Waals surface area (Å²) in [6, 6.07) is 5.08. The van der Waals surface area contributed by atoms with Gasteiger partial charge in [0.25, 0.3) is 0 Å². The summed E-state index contributed by atoms with van der Waals surface area (Å²) in [6.45, 7) is 0.212. The third-order valence-corrected chi connectivity index (χ3v) is 2.62. The van der Waals surface area contributed by atoms with Gasteiger partial charge in [0.2, 0.25) is 5.91 Å². The molecule has 0 radical (unpaired) electrons. The summed E-state index contributed by atoms with van der Waals surface area (Å²) in [4.78, 5) is 15.6. The number of carbonyl (C=O) groups is 1. The largest absolute Gasteiger partial charge is 0.495 e. The lowest BCUT2D eigenvalue weighted by atomic mass is 10.3. The standard InChI is InChI=1S/C12H12ClN3O2/c1-18-11-3-2-9(6-10(11)13)15-12(17)7-16-5-4-14-8-16/h2-6,8H,7H2,1H3,(H,15,17). The highest BCUT2D eigenvalue weighted by Crippen LogP contribution is 2.27. The second kappa shape index (κ2) is 5.55. The van der Waals surface area contributed by atoms with Gasteiger partial charge in [0.1, 0.15) is 12.3 Å². The Morgan fingerprint density at radius 1 is 1.56 bits per heavy atom. The Balaban J connectivity index is 2.01. The number of amides is 1. The van der Waals surface area contributed by atoms with Crippen LogP contribution in [0.2, 0.25) is 5.02 Å². The molecule has 0 unspecified atom stereocenters. The molecule has 2 rings (SSSR count). The summed E-state index contributed by atoms with van der Waals surface area (Å²) in [5.74, 6) is 0.429. The fourth-order valence-electron chi connectivity index (χ4n) is 1.49. The van der Waals surface area contributed by atoms with Gasteiger partial charge in [0, 0.05) is 18.1 Å². The maximum atomic E-state index is 11.7. The summed E-state index contributed by atoms with van der Waals surface area (Å²) in [6.07, 6.45) is 4.93. The third kappa shape index (κ3) is 3.01. The van der Waals surface area contributed by atoms with Crippen LogP contribution >= 0.6 is 11.6 Å². The van der Waals surface area contributed by atoms with Crippen LogP contribution in [0.1, 0.15) is 0 Å². The SMILES string of the molecule is COc1ccc(NC(=O)Cn2ccnc2)cc1Cl. The van der Waals surface area contributed by atoms with E-state index in [0.29, 0.717) is 16.5 Å². The monoisotopic (exact) mass is 265 g/mol. The zero-order valence-electron chi connectivity index (χ0n) is 9.76. The van der Waals surface area contributed by atoms with Crippen molar-refractivity contribution in [1.29, 1.82) is 0 Å². The molecule has 0 aliphatic rings. The maximum Gasteiger partial charge on any atom is 0.244 e. The molecule has 18 heavy (non-hydrogen) atoms. The highest BCUT2D eigenvalue weighted by atomic mass is 35.5. The molecule has 1 aromatic heterocycles. The van der Waals surface area contributed by atoms with Crippen molar-refractivity contribution in [2.75, 3.05) is 12.4 Å². The van der Waals surface area contributed by atoms with E-state index in [0.717, 1.165) is 0 Å². The molecule has 1 aromatic carbocycles. The lowest BCUT2D eigenvalue weighted by Crippen LogP contribution is -2.17. The van der Waals surface area contributed by atoms with E-state index in [4.69, 9.17) is 16.3 Å². The molecule has 94 valence electrons. The fourth-order valence-corrected chi connectivity index (χ4v) is 1.75. The molecule has 0 saturated heterocycles. The van der Waals surface area contributed by atoms with Gasteiger partial charge in [-0.3, -0.25) is 4.79 Å². The lowest BCUT2D eigenvalue weighted by Gasteiger charge is -2.08. The molecule has 0 fully saturated rings. The lowest BCUT2D eigenvalue weighted by molar-refractivity contribution is -0.116. The second-order valence-electron chi connectivity index (χ2n) is 3.63. The first-order valence-corrected chi connectivity index (χ1v) is 5.66. The van der Waals surface area contributed by atoms with E-state index in [9.17, 15) is 4.79 Å². The average Bonchev–Trinajstić information content (AvgIpc) is 2.82. The number of benzene rings is 1. The van der Waals surface area contributed by atoms with E-state index in [1.807, 2.05) is 0 Å². The number of carbonyl (C=O) groups excluding carboxylic acids is 1. The number of methoxy groups -OCH3 is 1. The van der Waals surface area contributed by atoms with Gasteiger partial charge < -0.3 is 14.6 Å². The quantitative estimate of drug-likeness (QED) is 0.922.